The van der Waals surface area contributed by atoms with Crippen LogP contribution in [-0.2, 0) is 17.8 Å². The van der Waals surface area contributed by atoms with Gasteiger partial charge in [-0.3, -0.25) is 4.79 Å². The monoisotopic (exact) mass is 258 g/mol. The molecule has 0 aliphatic heterocycles. The molecule has 3 nitrogen and oxygen atoms in total. The topological polar surface area (TPSA) is 34.9 Å². The third-order valence-electron chi connectivity index (χ3n) is 3.43. The molecule has 1 aromatic carbocycles. The molecule has 102 valence electrons. The van der Waals surface area contributed by atoms with Gasteiger partial charge in [0.25, 0.3) is 0 Å². The normalized spacial score (nSPS) is 11.1. The molecule has 0 bridgehead atoms. The molecule has 1 aromatic heterocycles. The Morgan fingerprint density at radius 3 is 2.74 bits per heavy atom. The van der Waals surface area contributed by atoms with Crippen LogP contribution in [0.3, 0.4) is 0 Å². The summed E-state index contributed by atoms with van der Waals surface area (Å²) in [5, 5.41) is 0. The van der Waals surface area contributed by atoms with Gasteiger partial charge in [-0.05, 0) is 31.9 Å². The van der Waals surface area contributed by atoms with Gasteiger partial charge in [0.2, 0.25) is 0 Å². The van der Waals surface area contributed by atoms with Gasteiger partial charge in [0.15, 0.2) is 0 Å². The number of benzene rings is 1. The van der Waals surface area contributed by atoms with Crippen molar-refractivity contribution in [3.63, 3.8) is 0 Å². The van der Waals surface area contributed by atoms with Crippen LogP contribution in [0.2, 0.25) is 0 Å². The number of para-hydroxylation sites is 2. The number of imidazole rings is 1. The molecule has 0 amide bonds. The zero-order valence-electron chi connectivity index (χ0n) is 11.9. The Labute approximate surface area is 114 Å². The van der Waals surface area contributed by atoms with E-state index in [0.29, 0.717) is 18.6 Å². The molecular formula is C16H22N2O. The van der Waals surface area contributed by atoms with Crippen LogP contribution in [0, 0.1) is 0 Å². The Morgan fingerprint density at radius 1 is 1.21 bits per heavy atom. The Morgan fingerprint density at radius 2 is 2.00 bits per heavy atom. The fraction of sp³-hybridized carbons (Fsp3) is 0.500. The van der Waals surface area contributed by atoms with Gasteiger partial charge in [-0.2, -0.15) is 0 Å². The molecule has 2 aromatic rings. The molecular weight excluding hydrogens is 236 g/mol. The molecule has 3 heteroatoms. The molecule has 0 fully saturated rings. The minimum absolute atomic E-state index is 0.377. The summed E-state index contributed by atoms with van der Waals surface area (Å²) >= 11 is 0. The Balaban J connectivity index is 2.06. The van der Waals surface area contributed by atoms with E-state index in [1.54, 1.807) is 0 Å². The maximum Gasteiger partial charge on any atom is 0.132 e. The number of Topliss-reactive ketones (excluding diaryl/α,β-unsaturated/α-hetero) is 1. The molecule has 0 unspecified atom stereocenters. The van der Waals surface area contributed by atoms with E-state index in [1.807, 2.05) is 18.2 Å². The number of rotatable bonds is 7. The van der Waals surface area contributed by atoms with Gasteiger partial charge in [0.1, 0.15) is 11.6 Å². The maximum atomic E-state index is 11.5. The van der Waals surface area contributed by atoms with Gasteiger partial charge < -0.3 is 4.57 Å². The molecule has 0 spiro atoms. The first-order chi connectivity index (χ1) is 9.26. The molecule has 0 N–H and O–H groups in total. The van der Waals surface area contributed by atoms with E-state index in [2.05, 4.69) is 29.5 Å². The number of fused-ring (bicyclic) bond motifs is 1. The van der Waals surface area contributed by atoms with Crippen molar-refractivity contribution >= 4 is 16.8 Å². The molecule has 2 rings (SSSR count). The summed E-state index contributed by atoms with van der Waals surface area (Å²) in [6, 6.07) is 8.22. The molecule has 0 atom stereocenters. The van der Waals surface area contributed by atoms with Crippen molar-refractivity contribution in [3.8, 4) is 0 Å². The van der Waals surface area contributed by atoms with Crippen LogP contribution >= 0.6 is 0 Å². The van der Waals surface area contributed by atoms with E-state index in [0.717, 1.165) is 37.1 Å². The lowest BCUT2D eigenvalue weighted by atomic mass is 10.1. The van der Waals surface area contributed by atoms with Crippen molar-refractivity contribution in [2.75, 3.05) is 0 Å². The van der Waals surface area contributed by atoms with Gasteiger partial charge in [-0.25, -0.2) is 4.98 Å². The van der Waals surface area contributed by atoms with Crippen LogP contribution in [0.5, 0.6) is 0 Å². The molecule has 0 saturated carbocycles. The summed E-state index contributed by atoms with van der Waals surface area (Å²) in [7, 11) is 0. The average molecular weight is 258 g/mol. The van der Waals surface area contributed by atoms with Gasteiger partial charge in [0.05, 0.1) is 11.0 Å². The third-order valence-corrected chi connectivity index (χ3v) is 3.43. The van der Waals surface area contributed by atoms with E-state index in [1.165, 1.54) is 5.52 Å². The van der Waals surface area contributed by atoms with Crippen LogP contribution in [0.1, 0.15) is 45.4 Å². The lowest BCUT2D eigenvalue weighted by Crippen LogP contribution is -2.04. The highest BCUT2D eigenvalue weighted by molar-refractivity contribution is 5.78. The maximum absolute atomic E-state index is 11.5. The summed E-state index contributed by atoms with van der Waals surface area (Å²) in [5.41, 5.74) is 2.25. The number of carbonyl (C=O) groups excluding carboxylic acids is 1. The molecule has 0 radical (unpaired) electrons. The Bertz CT molecular complexity index is 557. The summed E-state index contributed by atoms with van der Waals surface area (Å²) < 4.78 is 2.25. The number of carbonyl (C=O) groups is 1. The Kier molecular flexibility index (Phi) is 4.72. The Hall–Kier alpha value is -1.64. The van der Waals surface area contributed by atoms with Gasteiger partial charge >= 0.3 is 0 Å². The van der Waals surface area contributed by atoms with Crippen molar-refractivity contribution in [3.05, 3.63) is 30.1 Å². The van der Waals surface area contributed by atoms with Crippen molar-refractivity contribution in [1.82, 2.24) is 9.55 Å². The molecule has 0 aliphatic rings. The number of nitrogens with zero attached hydrogens (tertiary/aromatic N) is 2. The first-order valence-corrected chi connectivity index (χ1v) is 7.22. The van der Waals surface area contributed by atoms with Gasteiger partial charge in [-0.1, -0.05) is 19.1 Å². The van der Waals surface area contributed by atoms with E-state index in [4.69, 9.17) is 0 Å². The molecule has 0 saturated heterocycles. The second kappa shape index (κ2) is 6.50. The highest BCUT2D eigenvalue weighted by Crippen LogP contribution is 2.17. The van der Waals surface area contributed by atoms with Crippen LogP contribution in [0.25, 0.3) is 11.0 Å². The first-order valence-electron chi connectivity index (χ1n) is 7.22. The summed E-state index contributed by atoms with van der Waals surface area (Å²) in [4.78, 5) is 16.2. The number of ketones is 1. The zero-order valence-corrected chi connectivity index (χ0v) is 11.9. The minimum Gasteiger partial charge on any atom is -0.328 e. The van der Waals surface area contributed by atoms with Crippen LogP contribution < -0.4 is 0 Å². The highest BCUT2D eigenvalue weighted by atomic mass is 16.1. The summed E-state index contributed by atoms with van der Waals surface area (Å²) in [6.45, 7) is 5.12. The largest absolute Gasteiger partial charge is 0.328 e. The first kappa shape index (κ1) is 13.8. The van der Waals surface area contributed by atoms with Gasteiger partial charge in [-0.15, -0.1) is 0 Å². The van der Waals surface area contributed by atoms with E-state index < -0.39 is 0 Å². The van der Waals surface area contributed by atoms with Gasteiger partial charge in [0, 0.05) is 25.8 Å². The number of hydrogen-bond donors (Lipinski definition) is 0. The van der Waals surface area contributed by atoms with Crippen LogP contribution in [-0.4, -0.2) is 15.3 Å². The fourth-order valence-corrected chi connectivity index (χ4v) is 2.52. The van der Waals surface area contributed by atoms with Crippen molar-refractivity contribution in [1.29, 1.82) is 0 Å². The van der Waals surface area contributed by atoms with E-state index in [-0.39, 0.29) is 0 Å². The van der Waals surface area contributed by atoms with E-state index in [9.17, 15) is 4.79 Å². The lowest BCUT2D eigenvalue weighted by Gasteiger charge is -2.05. The van der Waals surface area contributed by atoms with Crippen molar-refractivity contribution < 1.29 is 4.79 Å². The standard InChI is InChI=1S/C16H22N2O/c1-3-8-13(19)9-7-12-16-17-14-10-5-6-11-15(14)18(16)4-2/h5-6,10-11H,3-4,7-9,12H2,1-2H3. The summed E-state index contributed by atoms with van der Waals surface area (Å²) in [5.74, 6) is 1.48. The molecule has 1 heterocycles. The number of aromatic nitrogens is 2. The highest BCUT2D eigenvalue weighted by Gasteiger charge is 2.09. The third kappa shape index (κ3) is 3.22. The zero-order chi connectivity index (χ0) is 13.7. The molecule has 19 heavy (non-hydrogen) atoms. The minimum atomic E-state index is 0.377. The second-order valence-electron chi connectivity index (χ2n) is 4.90. The number of aryl methyl sites for hydroxylation is 2. The quantitative estimate of drug-likeness (QED) is 0.758. The lowest BCUT2D eigenvalue weighted by molar-refractivity contribution is -0.119. The average Bonchev–Trinajstić information content (AvgIpc) is 2.76. The predicted octanol–water partition coefficient (Wildman–Crippen LogP) is 3.75. The smallest absolute Gasteiger partial charge is 0.132 e. The van der Waals surface area contributed by atoms with Crippen molar-refractivity contribution in [2.45, 2.75) is 52.5 Å². The SMILES string of the molecule is CCCC(=O)CCCc1nc2ccccc2n1CC. The van der Waals surface area contributed by atoms with Crippen molar-refractivity contribution in [2.24, 2.45) is 0 Å². The van der Waals surface area contributed by atoms with Crippen LogP contribution in [0.15, 0.2) is 24.3 Å². The second-order valence-corrected chi connectivity index (χ2v) is 4.90. The van der Waals surface area contributed by atoms with Crippen LogP contribution in [0.4, 0.5) is 0 Å². The summed E-state index contributed by atoms with van der Waals surface area (Å²) in [6.07, 6.45) is 4.14. The number of hydrogen-bond acceptors (Lipinski definition) is 2. The fourth-order valence-electron chi connectivity index (χ4n) is 2.52. The molecule has 0 aliphatic carbocycles. The van der Waals surface area contributed by atoms with E-state index >= 15 is 0 Å². The predicted molar refractivity (Wildman–Crippen MR) is 78.3 cm³/mol.